The van der Waals surface area contributed by atoms with Crippen LogP contribution in [0.3, 0.4) is 0 Å². The molecule has 0 aliphatic rings. The van der Waals surface area contributed by atoms with E-state index in [4.69, 9.17) is 4.42 Å². The fourth-order valence-electron chi connectivity index (χ4n) is 3.00. The van der Waals surface area contributed by atoms with Crippen LogP contribution in [0.25, 0.3) is 0 Å². The second kappa shape index (κ2) is 9.71. The number of carbonyl (C=O) groups excluding carboxylic acids is 2. The van der Waals surface area contributed by atoms with Crippen molar-refractivity contribution in [3.05, 3.63) is 89.4 Å². The first kappa shape index (κ1) is 20.4. The van der Waals surface area contributed by atoms with E-state index in [1.54, 1.807) is 6.26 Å². The van der Waals surface area contributed by atoms with Crippen LogP contribution in [0.4, 0.5) is 5.69 Å². The molecule has 6 heteroatoms. The number of anilines is 1. The van der Waals surface area contributed by atoms with Crippen LogP contribution >= 0.6 is 0 Å². The third-order valence-electron chi connectivity index (χ3n) is 4.75. The van der Waals surface area contributed by atoms with Gasteiger partial charge in [0.25, 0.3) is 0 Å². The molecule has 0 aliphatic carbocycles. The summed E-state index contributed by atoms with van der Waals surface area (Å²) in [5.41, 5.74) is 3.85. The van der Waals surface area contributed by atoms with Crippen molar-refractivity contribution in [1.29, 1.82) is 0 Å². The average molecular weight is 391 g/mol. The zero-order chi connectivity index (χ0) is 20.6. The standard InChI is InChI=1S/C23H25N3O3/c1-16-8-6-11-19(17(16)2)26-22(28)15-24-21(27)14-25-23(20-12-7-13-29-20)18-9-4-3-5-10-18/h3-13,23,25H,14-15H2,1-2H3,(H,24,27)(H,26,28)/t23-/m0/s1. The van der Waals surface area contributed by atoms with Gasteiger partial charge in [0.2, 0.25) is 11.8 Å². The lowest BCUT2D eigenvalue weighted by atomic mass is 10.0. The maximum atomic E-state index is 12.2. The number of carbonyl (C=O) groups is 2. The first-order valence-corrected chi connectivity index (χ1v) is 9.49. The van der Waals surface area contributed by atoms with E-state index in [1.807, 2.05) is 74.5 Å². The lowest BCUT2D eigenvalue weighted by molar-refractivity contribution is -0.123. The molecule has 0 fully saturated rings. The summed E-state index contributed by atoms with van der Waals surface area (Å²) in [5.74, 6) is 0.183. The highest BCUT2D eigenvalue weighted by atomic mass is 16.3. The van der Waals surface area contributed by atoms with E-state index >= 15 is 0 Å². The molecule has 0 saturated carbocycles. The quantitative estimate of drug-likeness (QED) is 0.550. The second-order valence-corrected chi connectivity index (χ2v) is 6.81. The minimum atomic E-state index is -0.270. The highest BCUT2D eigenvalue weighted by molar-refractivity contribution is 5.95. The van der Waals surface area contributed by atoms with Crippen molar-refractivity contribution in [3.8, 4) is 0 Å². The largest absolute Gasteiger partial charge is 0.467 e. The Balaban J connectivity index is 1.52. The topological polar surface area (TPSA) is 83.4 Å². The third kappa shape index (κ3) is 5.56. The van der Waals surface area contributed by atoms with E-state index in [1.165, 1.54) is 0 Å². The monoisotopic (exact) mass is 391 g/mol. The minimum absolute atomic E-state index is 0.0526. The molecular formula is C23H25N3O3. The summed E-state index contributed by atoms with van der Waals surface area (Å²) in [6, 6.07) is 18.9. The Morgan fingerprint density at radius 2 is 1.69 bits per heavy atom. The summed E-state index contributed by atoms with van der Waals surface area (Å²) in [6.07, 6.45) is 1.60. The first-order chi connectivity index (χ1) is 14.0. The molecule has 3 rings (SSSR count). The van der Waals surface area contributed by atoms with Gasteiger partial charge in [-0.2, -0.15) is 0 Å². The smallest absolute Gasteiger partial charge is 0.243 e. The molecule has 150 valence electrons. The Morgan fingerprint density at radius 1 is 0.897 bits per heavy atom. The van der Waals surface area contributed by atoms with Gasteiger partial charge in [-0.1, -0.05) is 42.5 Å². The SMILES string of the molecule is Cc1cccc(NC(=O)CNC(=O)CN[C@@H](c2ccccc2)c2ccco2)c1C. The summed E-state index contributed by atoms with van der Waals surface area (Å²) >= 11 is 0. The molecule has 2 aromatic carbocycles. The van der Waals surface area contributed by atoms with Crippen LogP contribution in [0.5, 0.6) is 0 Å². The van der Waals surface area contributed by atoms with Gasteiger partial charge in [0, 0.05) is 5.69 Å². The van der Waals surface area contributed by atoms with Crippen molar-refractivity contribution in [1.82, 2.24) is 10.6 Å². The van der Waals surface area contributed by atoms with Crippen LogP contribution in [0.1, 0.15) is 28.5 Å². The zero-order valence-corrected chi connectivity index (χ0v) is 16.6. The van der Waals surface area contributed by atoms with Crippen LogP contribution in [0, 0.1) is 13.8 Å². The van der Waals surface area contributed by atoms with Crippen LogP contribution in [-0.2, 0) is 9.59 Å². The number of nitrogens with one attached hydrogen (secondary N) is 3. The summed E-state index contributed by atoms with van der Waals surface area (Å²) in [6.45, 7) is 3.90. The fraction of sp³-hybridized carbons (Fsp3) is 0.217. The number of hydrogen-bond acceptors (Lipinski definition) is 4. The van der Waals surface area contributed by atoms with Gasteiger partial charge in [0.15, 0.2) is 0 Å². The van der Waals surface area contributed by atoms with E-state index in [0.29, 0.717) is 0 Å². The Hall–Kier alpha value is -3.38. The van der Waals surface area contributed by atoms with E-state index in [0.717, 1.165) is 28.1 Å². The number of hydrogen-bond donors (Lipinski definition) is 3. The molecule has 6 nitrogen and oxygen atoms in total. The molecule has 2 amide bonds. The van der Waals surface area contributed by atoms with E-state index < -0.39 is 0 Å². The lowest BCUT2D eigenvalue weighted by Crippen LogP contribution is -2.39. The summed E-state index contributed by atoms with van der Waals surface area (Å²) in [7, 11) is 0. The first-order valence-electron chi connectivity index (χ1n) is 9.49. The van der Waals surface area contributed by atoms with Gasteiger partial charge >= 0.3 is 0 Å². The van der Waals surface area contributed by atoms with Gasteiger partial charge in [-0.25, -0.2) is 0 Å². The highest BCUT2D eigenvalue weighted by Gasteiger charge is 2.17. The normalized spacial score (nSPS) is 11.7. The molecule has 0 aliphatic heterocycles. The molecular weight excluding hydrogens is 366 g/mol. The molecule has 3 N–H and O–H groups in total. The van der Waals surface area contributed by atoms with Crippen LogP contribution < -0.4 is 16.0 Å². The van der Waals surface area contributed by atoms with Crippen molar-refractivity contribution >= 4 is 17.5 Å². The van der Waals surface area contributed by atoms with E-state index in [9.17, 15) is 9.59 Å². The molecule has 0 spiro atoms. The van der Waals surface area contributed by atoms with Gasteiger partial charge in [-0.3, -0.25) is 14.9 Å². The van der Waals surface area contributed by atoms with Gasteiger partial charge in [-0.15, -0.1) is 0 Å². The predicted molar refractivity (Wildman–Crippen MR) is 113 cm³/mol. The second-order valence-electron chi connectivity index (χ2n) is 6.81. The lowest BCUT2D eigenvalue weighted by Gasteiger charge is -2.17. The van der Waals surface area contributed by atoms with Gasteiger partial charge in [-0.05, 0) is 48.7 Å². The van der Waals surface area contributed by atoms with Crippen LogP contribution in [0.2, 0.25) is 0 Å². The third-order valence-corrected chi connectivity index (χ3v) is 4.75. The van der Waals surface area contributed by atoms with Gasteiger partial charge < -0.3 is 15.1 Å². The molecule has 0 bridgehead atoms. The van der Waals surface area contributed by atoms with Gasteiger partial charge in [0.1, 0.15) is 5.76 Å². The van der Waals surface area contributed by atoms with Crippen molar-refractivity contribution < 1.29 is 14.0 Å². The Kier molecular flexibility index (Phi) is 6.81. The van der Waals surface area contributed by atoms with Crippen molar-refractivity contribution in [2.75, 3.05) is 18.4 Å². The van der Waals surface area contributed by atoms with Crippen molar-refractivity contribution in [3.63, 3.8) is 0 Å². The molecule has 3 aromatic rings. The molecule has 1 aromatic heterocycles. The molecule has 1 heterocycles. The number of benzene rings is 2. The Labute approximate surface area is 170 Å². The van der Waals surface area contributed by atoms with Crippen molar-refractivity contribution in [2.24, 2.45) is 0 Å². The molecule has 0 radical (unpaired) electrons. The fourth-order valence-corrected chi connectivity index (χ4v) is 3.00. The zero-order valence-electron chi connectivity index (χ0n) is 16.6. The van der Waals surface area contributed by atoms with Crippen LogP contribution in [-0.4, -0.2) is 24.9 Å². The highest BCUT2D eigenvalue weighted by Crippen LogP contribution is 2.22. The van der Waals surface area contributed by atoms with E-state index in [-0.39, 0.29) is 30.9 Å². The Bertz CT molecular complexity index is 953. The summed E-state index contributed by atoms with van der Waals surface area (Å²) in [5, 5.41) is 8.67. The number of rotatable bonds is 8. The summed E-state index contributed by atoms with van der Waals surface area (Å²) < 4.78 is 5.51. The number of amides is 2. The Morgan fingerprint density at radius 3 is 2.41 bits per heavy atom. The molecule has 1 atom stereocenters. The summed E-state index contributed by atoms with van der Waals surface area (Å²) in [4.78, 5) is 24.4. The van der Waals surface area contributed by atoms with Crippen molar-refractivity contribution in [2.45, 2.75) is 19.9 Å². The minimum Gasteiger partial charge on any atom is -0.467 e. The van der Waals surface area contributed by atoms with E-state index in [2.05, 4.69) is 16.0 Å². The molecule has 0 saturated heterocycles. The van der Waals surface area contributed by atoms with Crippen LogP contribution in [0.15, 0.2) is 71.3 Å². The molecule has 0 unspecified atom stereocenters. The number of furan rings is 1. The maximum Gasteiger partial charge on any atom is 0.243 e. The van der Waals surface area contributed by atoms with Gasteiger partial charge in [0.05, 0.1) is 25.4 Å². The number of aryl methyl sites for hydroxylation is 1. The molecule has 29 heavy (non-hydrogen) atoms. The maximum absolute atomic E-state index is 12.2. The predicted octanol–water partition coefficient (Wildman–Crippen LogP) is 3.33. The average Bonchev–Trinajstić information content (AvgIpc) is 3.25.